The van der Waals surface area contributed by atoms with Gasteiger partial charge in [-0.05, 0) is 61.2 Å². The smallest absolute Gasteiger partial charge is 0.319 e. The van der Waals surface area contributed by atoms with Crippen LogP contribution in [0.2, 0.25) is 0 Å². The minimum atomic E-state index is -3.31. The first kappa shape index (κ1) is 21.8. The monoisotopic (exact) mass is 433 g/mol. The van der Waals surface area contributed by atoms with Crippen molar-refractivity contribution < 1.29 is 22.7 Å². The van der Waals surface area contributed by atoms with E-state index in [1.807, 2.05) is 12.1 Å². The normalized spacial score (nSPS) is 13.4. The van der Waals surface area contributed by atoms with Crippen LogP contribution in [-0.4, -0.2) is 41.0 Å². The van der Waals surface area contributed by atoms with Crippen molar-refractivity contribution in [2.75, 3.05) is 36.1 Å². The average Bonchev–Trinajstić information content (AvgIpc) is 2.76. The zero-order chi connectivity index (χ0) is 21.7. The maximum absolute atomic E-state index is 12.3. The van der Waals surface area contributed by atoms with E-state index < -0.39 is 10.0 Å². The number of methoxy groups -OCH3 is 2. The van der Waals surface area contributed by atoms with Gasteiger partial charge < -0.3 is 20.1 Å². The van der Waals surface area contributed by atoms with E-state index in [4.69, 9.17) is 9.47 Å². The van der Waals surface area contributed by atoms with Gasteiger partial charge in [0.25, 0.3) is 0 Å². The first-order chi connectivity index (χ1) is 14.4. The summed E-state index contributed by atoms with van der Waals surface area (Å²) < 4.78 is 36.6. The second kappa shape index (κ2) is 9.25. The average molecular weight is 434 g/mol. The Bertz CT molecular complexity index is 1020. The van der Waals surface area contributed by atoms with E-state index in [2.05, 4.69) is 10.6 Å². The van der Waals surface area contributed by atoms with Crippen molar-refractivity contribution in [1.82, 2.24) is 5.32 Å². The largest absolute Gasteiger partial charge is 0.493 e. The third kappa shape index (κ3) is 4.79. The van der Waals surface area contributed by atoms with Crippen LogP contribution in [0.4, 0.5) is 16.2 Å². The molecule has 0 atom stereocenters. The second-order valence-electron chi connectivity index (χ2n) is 6.92. The zero-order valence-corrected chi connectivity index (χ0v) is 18.2. The highest BCUT2D eigenvalue weighted by atomic mass is 32.2. The van der Waals surface area contributed by atoms with Gasteiger partial charge in [0, 0.05) is 18.8 Å². The second-order valence-corrected chi connectivity index (χ2v) is 9.10. The molecule has 2 N–H and O–H groups in total. The summed E-state index contributed by atoms with van der Waals surface area (Å²) in [6.45, 7) is 2.45. The molecular weight excluding hydrogens is 406 g/mol. The number of amides is 2. The van der Waals surface area contributed by atoms with Crippen molar-refractivity contribution in [2.24, 2.45) is 0 Å². The highest BCUT2D eigenvalue weighted by Gasteiger charge is 2.26. The Morgan fingerprint density at radius 3 is 2.57 bits per heavy atom. The molecule has 1 aliphatic rings. The van der Waals surface area contributed by atoms with Crippen LogP contribution in [0.5, 0.6) is 11.5 Å². The number of benzene rings is 2. The quantitative estimate of drug-likeness (QED) is 0.699. The van der Waals surface area contributed by atoms with Gasteiger partial charge in [-0.15, -0.1) is 0 Å². The highest BCUT2D eigenvalue weighted by molar-refractivity contribution is 7.92. The van der Waals surface area contributed by atoms with Crippen LogP contribution in [0.25, 0.3) is 0 Å². The fourth-order valence-corrected chi connectivity index (χ4v) is 4.63. The molecule has 1 heterocycles. The lowest BCUT2D eigenvalue weighted by Crippen LogP contribution is -2.36. The zero-order valence-electron chi connectivity index (χ0n) is 17.4. The molecule has 2 amide bonds. The Hall–Kier alpha value is -2.94. The maximum atomic E-state index is 12.3. The number of fused-ring (bicyclic) bond motifs is 1. The molecule has 0 fully saturated rings. The molecule has 0 aliphatic carbocycles. The molecule has 2 aromatic rings. The highest BCUT2D eigenvalue weighted by Crippen LogP contribution is 2.32. The summed E-state index contributed by atoms with van der Waals surface area (Å²) >= 11 is 0. The predicted molar refractivity (Wildman–Crippen MR) is 117 cm³/mol. The number of hydrogen-bond donors (Lipinski definition) is 2. The summed E-state index contributed by atoms with van der Waals surface area (Å²) in [4.78, 5) is 12.3. The Balaban J connectivity index is 1.65. The van der Waals surface area contributed by atoms with Gasteiger partial charge in [0.05, 0.1) is 25.7 Å². The summed E-state index contributed by atoms with van der Waals surface area (Å²) in [6.07, 6.45) is 1.52. The van der Waals surface area contributed by atoms with Gasteiger partial charge in [-0.2, -0.15) is 0 Å². The van der Waals surface area contributed by atoms with Gasteiger partial charge in [0.2, 0.25) is 10.0 Å². The van der Waals surface area contributed by atoms with Crippen LogP contribution in [-0.2, 0) is 23.0 Å². The van der Waals surface area contributed by atoms with Crippen LogP contribution in [0, 0.1) is 0 Å². The summed E-state index contributed by atoms with van der Waals surface area (Å²) in [5.41, 5.74) is 3.10. The van der Waals surface area contributed by atoms with E-state index in [0.29, 0.717) is 36.0 Å². The molecule has 30 heavy (non-hydrogen) atoms. The molecule has 0 radical (unpaired) electrons. The van der Waals surface area contributed by atoms with Crippen LogP contribution >= 0.6 is 0 Å². The van der Waals surface area contributed by atoms with E-state index in [1.165, 1.54) is 4.31 Å². The number of anilines is 2. The standard InChI is InChI=1S/C21H27N3O5S/c1-4-30(26,27)24-11-5-6-16-13-17(8-9-18(16)24)23-21(25)22-14-15-7-10-19(28-2)20(12-15)29-3/h7-10,12-13H,4-6,11,14H2,1-3H3,(H2,22,23,25). The Kier molecular flexibility index (Phi) is 6.71. The molecule has 0 spiro atoms. The van der Waals surface area contributed by atoms with Gasteiger partial charge in [-0.25, -0.2) is 13.2 Å². The molecule has 2 aromatic carbocycles. The minimum absolute atomic E-state index is 0.0605. The molecule has 0 saturated heterocycles. The number of rotatable bonds is 7. The summed E-state index contributed by atoms with van der Waals surface area (Å²) in [6, 6.07) is 10.4. The number of sulfonamides is 1. The number of carbonyl (C=O) groups is 1. The Morgan fingerprint density at radius 1 is 1.10 bits per heavy atom. The van der Waals surface area contributed by atoms with Crippen molar-refractivity contribution in [3.05, 3.63) is 47.5 Å². The third-order valence-corrected chi connectivity index (χ3v) is 6.80. The van der Waals surface area contributed by atoms with Crippen molar-refractivity contribution in [3.63, 3.8) is 0 Å². The van der Waals surface area contributed by atoms with Crippen molar-refractivity contribution >= 4 is 27.4 Å². The molecule has 1 aliphatic heterocycles. The number of ether oxygens (including phenoxy) is 2. The number of carbonyl (C=O) groups excluding carboxylic acids is 1. The lowest BCUT2D eigenvalue weighted by Gasteiger charge is -2.30. The number of hydrogen-bond acceptors (Lipinski definition) is 5. The summed E-state index contributed by atoms with van der Waals surface area (Å²) in [5.74, 6) is 1.28. The van der Waals surface area contributed by atoms with Gasteiger partial charge in [-0.3, -0.25) is 4.31 Å². The van der Waals surface area contributed by atoms with Crippen LogP contribution < -0.4 is 24.4 Å². The third-order valence-electron chi connectivity index (χ3n) is 5.01. The number of nitrogens with zero attached hydrogens (tertiary/aromatic N) is 1. The molecule has 0 saturated carbocycles. The molecule has 0 unspecified atom stereocenters. The van der Waals surface area contributed by atoms with E-state index in [-0.39, 0.29) is 11.8 Å². The van der Waals surface area contributed by atoms with Crippen molar-refractivity contribution in [2.45, 2.75) is 26.3 Å². The SMILES string of the molecule is CCS(=O)(=O)N1CCCc2cc(NC(=O)NCc3ccc(OC)c(OC)c3)ccc21. The molecule has 8 nitrogen and oxygen atoms in total. The number of aryl methyl sites for hydroxylation is 1. The van der Waals surface area contributed by atoms with E-state index in [9.17, 15) is 13.2 Å². The predicted octanol–water partition coefficient (Wildman–Crippen LogP) is 3.13. The Labute approximate surface area is 177 Å². The van der Waals surface area contributed by atoms with E-state index >= 15 is 0 Å². The molecule has 3 rings (SSSR count). The first-order valence-electron chi connectivity index (χ1n) is 9.77. The van der Waals surface area contributed by atoms with Crippen LogP contribution in [0.3, 0.4) is 0 Å². The number of urea groups is 1. The Morgan fingerprint density at radius 2 is 1.87 bits per heavy atom. The fourth-order valence-electron chi connectivity index (χ4n) is 3.43. The van der Waals surface area contributed by atoms with Gasteiger partial charge >= 0.3 is 6.03 Å². The maximum Gasteiger partial charge on any atom is 0.319 e. The van der Waals surface area contributed by atoms with Crippen LogP contribution in [0.15, 0.2) is 36.4 Å². The molecular formula is C21H27N3O5S. The molecule has 0 aromatic heterocycles. The summed E-state index contributed by atoms with van der Waals surface area (Å²) in [5, 5.41) is 5.61. The topological polar surface area (TPSA) is 97.0 Å². The fraction of sp³-hybridized carbons (Fsp3) is 0.381. The van der Waals surface area contributed by atoms with Gasteiger partial charge in [0.1, 0.15) is 0 Å². The van der Waals surface area contributed by atoms with Gasteiger partial charge in [-0.1, -0.05) is 6.07 Å². The minimum Gasteiger partial charge on any atom is -0.493 e. The summed E-state index contributed by atoms with van der Waals surface area (Å²) in [7, 11) is -0.178. The van der Waals surface area contributed by atoms with E-state index in [1.54, 1.807) is 45.4 Å². The van der Waals surface area contributed by atoms with Crippen molar-refractivity contribution in [1.29, 1.82) is 0 Å². The first-order valence-corrected chi connectivity index (χ1v) is 11.4. The molecule has 0 bridgehead atoms. The lowest BCUT2D eigenvalue weighted by molar-refractivity contribution is 0.251. The molecule has 9 heteroatoms. The lowest BCUT2D eigenvalue weighted by atomic mass is 10.0. The van der Waals surface area contributed by atoms with E-state index in [0.717, 1.165) is 24.0 Å². The molecule has 162 valence electrons. The number of nitrogens with one attached hydrogen (secondary N) is 2. The van der Waals surface area contributed by atoms with Crippen molar-refractivity contribution in [3.8, 4) is 11.5 Å². The van der Waals surface area contributed by atoms with Gasteiger partial charge in [0.15, 0.2) is 11.5 Å². The van der Waals surface area contributed by atoms with Crippen LogP contribution in [0.1, 0.15) is 24.5 Å².